The van der Waals surface area contributed by atoms with Gasteiger partial charge < -0.3 is 10.7 Å². The lowest BCUT2D eigenvalue weighted by atomic mass is 10.0. The molecule has 14 heteroatoms. The fourth-order valence-electron chi connectivity index (χ4n) is 4.97. The number of benzene rings is 1. The van der Waals surface area contributed by atoms with Gasteiger partial charge in [-0.2, -0.15) is 4.68 Å². The van der Waals surface area contributed by atoms with E-state index in [0.29, 0.717) is 53.1 Å². The third kappa shape index (κ3) is 4.00. The molecule has 38 heavy (non-hydrogen) atoms. The molecule has 2 atom stereocenters. The smallest absolute Gasteiger partial charge is 0.254 e. The average Bonchev–Trinajstić information content (AvgIpc) is 3.63. The van der Waals surface area contributed by atoms with E-state index in [1.807, 2.05) is 13.8 Å². The van der Waals surface area contributed by atoms with Gasteiger partial charge in [-0.05, 0) is 35.9 Å². The number of rotatable bonds is 5. The topological polar surface area (TPSA) is 159 Å². The van der Waals surface area contributed by atoms with Crippen LogP contribution < -0.4 is 11.3 Å². The summed E-state index contributed by atoms with van der Waals surface area (Å²) in [4.78, 5) is 34.5. The van der Waals surface area contributed by atoms with E-state index in [2.05, 4.69) is 35.5 Å². The molecule has 0 saturated heterocycles. The van der Waals surface area contributed by atoms with Crippen molar-refractivity contribution in [3.8, 4) is 28.3 Å². The van der Waals surface area contributed by atoms with E-state index in [4.69, 9.17) is 22.3 Å². The Bertz CT molecular complexity index is 1730. The molecule has 12 nitrogen and oxygen atoms in total. The Morgan fingerprint density at radius 1 is 1.24 bits per heavy atom. The molecule has 1 aromatic carbocycles. The quantitative estimate of drug-likeness (QED) is 0.346. The van der Waals surface area contributed by atoms with Crippen LogP contribution in [-0.4, -0.2) is 49.7 Å². The zero-order chi connectivity index (χ0) is 26.6. The second kappa shape index (κ2) is 9.10. The van der Waals surface area contributed by atoms with Crippen LogP contribution in [0.1, 0.15) is 42.6 Å². The molecule has 1 aliphatic rings. The Morgan fingerprint density at radius 3 is 2.84 bits per heavy atom. The Kier molecular flexibility index (Phi) is 5.71. The number of hydrogen-bond donors (Lipinski definition) is 2. The minimum Gasteiger partial charge on any atom is -0.382 e. The third-order valence-electron chi connectivity index (χ3n) is 6.61. The van der Waals surface area contributed by atoms with Crippen LogP contribution in [0.2, 0.25) is 5.02 Å². The predicted molar refractivity (Wildman–Crippen MR) is 136 cm³/mol. The first-order valence-corrected chi connectivity index (χ1v) is 12.2. The number of nitrogens with two attached hydrogens (primary N) is 1. The number of halogens is 2. The first-order chi connectivity index (χ1) is 18.3. The molecule has 1 aliphatic heterocycles. The van der Waals surface area contributed by atoms with E-state index >= 15 is 4.39 Å². The molecule has 0 saturated carbocycles. The second-order valence-electron chi connectivity index (χ2n) is 9.18. The van der Waals surface area contributed by atoms with Crippen molar-refractivity contribution in [2.75, 3.05) is 5.73 Å². The molecule has 0 radical (unpaired) electrons. The molecule has 0 aliphatic carbocycles. The van der Waals surface area contributed by atoms with Gasteiger partial charge in [0.2, 0.25) is 0 Å². The third-order valence-corrected chi connectivity index (χ3v) is 6.91. The van der Waals surface area contributed by atoms with Crippen molar-refractivity contribution in [1.29, 1.82) is 0 Å². The van der Waals surface area contributed by atoms with Gasteiger partial charge in [0.15, 0.2) is 5.82 Å². The molecule has 0 amide bonds. The van der Waals surface area contributed by atoms with Gasteiger partial charge in [-0.1, -0.05) is 18.5 Å². The van der Waals surface area contributed by atoms with E-state index < -0.39 is 5.82 Å². The number of nitrogens with one attached hydrogen (secondary N) is 1. The van der Waals surface area contributed by atoms with Crippen molar-refractivity contribution in [2.24, 2.45) is 0 Å². The highest BCUT2D eigenvalue weighted by atomic mass is 35.5. The summed E-state index contributed by atoms with van der Waals surface area (Å²) in [7, 11) is 0. The molecule has 5 aromatic rings. The van der Waals surface area contributed by atoms with Crippen molar-refractivity contribution in [3.63, 3.8) is 0 Å². The number of hydrogen-bond acceptors (Lipinski definition) is 9. The second-order valence-corrected chi connectivity index (χ2v) is 9.59. The molecular weight excluding hydrogens is 513 g/mol. The normalized spacial score (nSPS) is 16.6. The molecule has 4 aromatic heterocycles. The molecule has 6 rings (SSSR count). The largest absolute Gasteiger partial charge is 0.382 e. The molecule has 1 unspecified atom stereocenters. The van der Waals surface area contributed by atoms with Crippen LogP contribution in [0.25, 0.3) is 28.3 Å². The summed E-state index contributed by atoms with van der Waals surface area (Å²) in [6.07, 6.45) is 5.66. The number of aromatic nitrogens is 10. The fourth-order valence-corrected chi connectivity index (χ4v) is 5.12. The Morgan fingerprint density at radius 2 is 2.08 bits per heavy atom. The van der Waals surface area contributed by atoms with Crippen LogP contribution in [0.3, 0.4) is 0 Å². The van der Waals surface area contributed by atoms with Gasteiger partial charge >= 0.3 is 0 Å². The summed E-state index contributed by atoms with van der Waals surface area (Å²) < 4.78 is 18.2. The number of tetrazole rings is 1. The summed E-state index contributed by atoms with van der Waals surface area (Å²) in [5, 5.41) is 11.0. The van der Waals surface area contributed by atoms with Crippen LogP contribution in [-0.2, 0) is 6.42 Å². The van der Waals surface area contributed by atoms with Crippen LogP contribution in [0.15, 0.2) is 41.7 Å². The van der Waals surface area contributed by atoms with E-state index in [9.17, 15) is 4.79 Å². The first kappa shape index (κ1) is 23.9. The molecule has 5 heterocycles. The van der Waals surface area contributed by atoms with Gasteiger partial charge in [-0.3, -0.25) is 9.36 Å². The number of fused-ring (bicyclic) bond motifs is 1. The predicted octanol–water partition coefficient (Wildman–Crippen LogP) is 3.04. The van der Waals surface area contributed by atoms with Gasteiger partial charge in [0.05, 0.1) is 45.7 Å². The van der Waals surface area contributed by atoms with Crippen molar-refractivity contribution in [2.45, 2.75) is 38.6 Å². The van der Waals surface area contributed by atoms with Crippen LogP contribution in [0.5, 0.6) is 0 Å². The highest BCUT2D eigenvalue weighted by Crippen LogP contribution is 2.38. The number of imidazole rings is 1. The van der Waals surface area contributed by atoms with Crippen LogP contribution in [0, 0.1) is 12.7 Å². The minimum absolute atomic E-state index is 0.0500. The summed E-state index contributed by atoms with van der Waals surface area (Å²) in [5.41, 5.74) is 8.00. The van der Waals surface area contributed by atoms with Gasteiger partial charge in [0.1, 0.15) is 29.5 Å². The Hall–Kier alpha value is -4.52. The number of H-pyrrole nitrogens is 1. The summed E-state index contributed by atoms with van der Waals surface area (Å²) >= 11 is 6.09. The van der Waals surface area contributed by atoms with Crippen molar-refractivity contribution >= 4 is 17.4 Å². The van der Waals surface area contributed by atoms with Crippen molar-refractivity contribution < 1.29 is 4.39 Å². The molecule has 0 fully saturated rings. The maximum atomic E-state index is 15.3. The minimum atomic E-state index is -0.706. The number of aromatic amines is 1. The van der Waals surface area contributed by atoms with Crippen LogP contribution in [0.4, 0.5) is 10.2 Å². The van der Waals surface area contributed by atoms with Gasteiger partial charge in [-0.25, -0.2) is 24.3 Å². The molecule has 3 N–H and O–H groups in total. The Balaban J connectivity index is 1.36. The number of nitrogens with zero attached hydrogens (tertiary/aromatic N) is 9. The first-order valence-electron chi connectivity index (χ1n) is 11.8. The molecular formula is C24H21ClFN11O. The number of anilines is 1. The Labute approximate surface area is 219 Å². The number of aryl methyl sites for hydroxylation is 1. The van der Waals surface area contributed by atoms with Crippen molar-refractivity contribution in [1.82, 2.24) is 49.7 Å². The van der Waals surface area contributed by atoms with Crippen LogP contribution >= 0.6 is 11.6 Å². The maximum Gasteiger partial charge on any atom is 0.254 e. The van der Waals surface area contributed by atoms with Gasteiger partial charge in [0, 0.05) is 24.4 Å². The molecule has 0 bridgehead atoms. The summed E-state index contributed by atoms with van der Waals surface area (Å²) in [6.45, 7) is 3.81. The number of nitrogen functional groups attached to an aromatic ring is 1. The highest BCUT2D eigenvalue weighted by molar-refractivity contribution is 6.31. The highest BCUT2D eigenvalue weighted by Gasteiger charge is 2.32. The summed E-state index contributed by atoms with van der Waals surface area (Å²) in [5.74, 6) is 0.845. The van der Waals surface area contributed by atoms with E-state index in [0.717, 1.165) is 0 Å². The lowest BCUT2D eigenvalue weighted by Crippen LogP contribution is -2.25. The van der Waals surface area contributed by atoms with Crippen molar-refractivity contribution in [3.05, 3.63) is 75.5 Å². The van der Waals surface area contributed by atoms with E-state index in [1.54, 1.807) is 16.8 Å². The maximum absolute atomic E-state index is 15.3. The molecule has 192 valence electrons. The zero-order valence-corrected chi connectivity index (χ0v) is 21.1. The van der Waals surface area contributed by atoms with E-state index in [1.165, 1.54) is 29.3 Å². The monoisotopic (exact) mass is 533 g/mol. The summed E-state index contributed by atoms with van der Waals surface area (Å²) in [6, 6.07) is 4.12. The van der Waals surface area contributed by atoms with E-state index in [-0.39, 0.29) is 33.8 Å². The van der Waals surface area contributed by atoms with Gasteiger partial charge in [-0.15, -0.1) is 5.10 Å². The molecule has 0 spiro atoms. The van der Waals surface area contributed by atoms with Gasteiger partial charge in [0.25, 0.3) is 5.56 Å². The SMILES string of the molecule is Cc1nc(N)cnc1-c1cnc(C[C@H]2CC(C)c3nc(-c4c(-n5cnnn5)ccc(Cl)c4F)cc(=O)n32)[nH]1. The lowest BCUT2D eigenvalue weighted by Gasteiger charge is -2.15. The lowest BCUT2D eigenvalue weighted by molar-refractivity contribution is 0.489. The standard InChI is InChI=1S/C24H21ClFN11O/c1-11-5-13(6-19-28-8-16(32-19)23-12(2)31-18(27)9-29-23)37-20(38)7-15(33-24(11)37)21-17(36-10-30-34-35-36)4-3-14(25)22(21)26/h3-4,7-11,13H,5-6H2,1-2H3,(H2,27,31)(H,28,32)/t11?,13-/m1/s1. The zero-order valence-electron chi connectivity index (χ0n) is 20.3. The average molecular weight is 534 g/mol. The fraction of sp³-hybridized carbons (Fsp3) is 0.250.